The molecule has 37 heavy (non-hydrogen) atoms. The van der Waals surface area contributed by atoms with Gasteiger partial charge in [0.25, 0.3) is 5.91 Å². The molecule has 4 atom stereocenters. The van der Waals surface area contributed by atoms with E-state index in [-0.39, 0.29) is 5.69 Å². The molecule has 1 saturated heterocycles. The Bertz CT molecular complexity index is 1460. The number of nitrogens with zero attached hydrogens (tertiary/aromatic N) is 3. The normalized spacial score (nSPS) is 25.1. The van der Waals surface area contributed by atoms with E-state index in [0.29, 0.717) is 0 Å². The van der Waals surface area contributed by atoms with Crippen LogP contribution in [0.15, 0.2) is 60.8 Å². The highest BCUT2D eigenvalue weighted by atomic mass is 16.1. The Balaban J connectivity index is 1.05. The number of benzene rings is 2. The molecule has 2 saturated carbocycles. The quantitative estimate of drug-likeness (QED) is 0.373. The van der Waals surface area contributed by atoms with Crippen molar-refractivity contribution in [3.8, 4) is 5.69 Å². The van der Waals surface area contributed by atoms with Gasteiger partial charge in [0, 0.05) is 35.4 Å². The molecule has 4 aromatic rings. The molecule has 0 bridgehead atoms. The molecule has 6 nitrogen and oxygen atoms in total. The van der Waals surface area contributed by atoms with Gasteiger partial charge in [0.15, 0.2) is 5.69 Å². The average Bonchev–Trinajstić information content (AvgIpc) is 3.21. The molecule has 190 valence electrons. The standard InChI is InChI=1S/C31H35N5O/c1-19-12-29(31(32)37)34-36(19)26-8-9-30-23(15-26)10-11-35(30)18-21-4-6-22(7-5-21)24-14-25-17-33-28(27(25)16-24)13-20-2-3-20/h4-12,15,20,24-25,27-28,33H,2-3,13-14,16-18H2,1H3,(H2,32,37)/t24-,25+,27-,28-/m1/s1. The smallest absolute Gasteiger partial charge is 0.269 e. The van der Waals surface area contributed by atoms with Crippen molar-refractivity contribution in [1.82, 2.24) is 19.7 Å². The summed E-state index contributed by atoms with van der Waals surface area (Å²) in [6.07, 6.45) is 9.18. The van der Waals surface area contributed by atoms with Crippen LogP contribution in [0, 0.1) is 24.7 Å². The molecule has 0 unspecified atom stereocenters. The molecule has 3 aliphatic rings. The van der Waals surface area contributed by atoms with E-state index in [2.05, 4.69) is 69.7 Å². The number of aryl methyl sites for hydroxylation is 1. The fraction of sp³-hybridized carbons (Fsp3) is 0.419. The van der Waals surface area contributed by atoms with Crippen LogP contribution in [-0.4, -0.2) is 32.8 Å². The maximum Gasteiger partial charge on any atom is 0.269 e. The third-order valence-corrected chi connectivity index (χ3v) is 9.14. The second-order valence-corrected chi connectivity index (χ2v) is 11.7. The minimum absolute atomic E-state index is 0.286. The highest BCUT2D eigenvalue weighted by Crippen LogP contribution is 2.49. The topological polar surface area (TPSA) is 77.9 Å². The number of hydrogen-bond donors (Lipinski definition) is 2. The van der Waals surface area contributed by atoms with Crippen LogP contribution in [0.3, 0.4) is 0 Å². The molecule has 2 aliphatic carbocycles. The summed E-state index contributed by atoms with van der Waals surface area (Å²) in [6, 6.07) is 20.3. The van der Waals surface area contributed by atoms with Gasteiger partial charge in [-0.1, -0.05) is 37.1 Å². The molecule has 3 fully saturated rings. The number of nitrogens with one attached hydrogen (secondary N) is 1. The highest BCUT2D eigenvalue weighted by Gasteiger charge is 2.44. The number of rotatable bonds is 7. The third-order valence-electron chi connectivity index (χ3n) is 9.14. The molecular formula is C31H35N5O. The lowest BCUT2D eigenvalue weighted by atomic mass is 9.90. The predicted molar refractivity (Wildman–Crippen MR) is 146 cm³/mol. The van der Waals surface area contributed by atoms with Crippen LogP contribution in [0.5, 0.6) is 0 Å². The summed E-state index contributed by atoms with van der Waals surface area (Å²) in [7, 11) is 0. The number of carbonyl (C=O) groups is 1. The highest BCUT2D eigenvalue weighted by molar-refractivity contribution is 5.91. The Kier molecular flexibility index (Phi) is 5.47. The molecule has 7 rings (SSSR count). The lowest BCUT2D eigenvalue weighted by Gasteiger charge is -2.19. The van der Waals surface area contributed by atoms with Crippen molar-refractivity contribution in [3.05, 3.63) is 83.3 Å². The van der Waals surface area contributed by atoms with Crippen LogP contribution in [0.4, 0.5) is 0 Å². The summed E-state index contributed by atoms with van der Waals surface area (Å²) < 4.78 is 4.07. The van der Waals surface area contributed by atoms with E-state index in [9.17, 15) is 4.79 Å². The number of aromatic nitrogens is 3. The number of fused-ring (bicyclic) bond motifs is 2. The molecule has 1 aliphatic heterocycles. The Morgan fingerprint density at radius 1 is 1.08 bits per heavy atom. The fourth-order valence-electron chi connectivity index (χ4n) is 6.99. The summed E-state index contributed by atoms with van der Waals surface area (Å²) in [6.45, 7) is 4.00. The van der Waals surface area contributed by atoms with Gasteiger partial charge in [-0.25, -0.2) is 4.68 Å². The zero-order valence-electron chi connectivity index (χ0n) is 21.4. The van der Waals surface area contributed by atoms with E-state index in [4.69, 9.17) is 5.73 Å². The van der Waals surface area contributed by atoms with E-state index in [1.165, 1.54) is 55.3 Å². The average molecular weight is 494 g/mol. The molecule has 0 spiro atoms. The molecule has 6 heteroatoms. The molecule has 0 radical (unpaired) electrons. The Morgan fingerprint density at radius 2 is 1.92 bits per heavy atom. The molecule has 2 aromatic carbocycles. The zero-order chi connectivity index (χ0) is 25.1. The lowest BCUT2D eigenvalue weighted by Crippen LogP contribution is -2.27. The molecule has 3 N–H and O–H groups in total. The number of amides is 1. The second-order valence-electron chi connectivity index (χ2n) is 11.7. The van der Waals surface area contributed by atoms with Crippen molar-refractivity contribution in [2.24, 2.45) is 23.5 Å². The molecular weight excluding hydrogens is 458 g/mol. The van der Waals surface area contributed by atoms with E-state index in [0.717, 1.165) is 53.0 Å². The van der Waals surface area contributed by atoms with Gasteiger partial charge in [-0.2, -0.15) is 5.10 Å². The van der Waals surface area contributed by atoms with Crippen molar-refractivity contribution in [1.29, 1.82) is 0 Å². The van der Waals surface area contributed by atoms with Crippen LogP contribution >= 0.6 is 0 Å². The maximum absolute atomic E-state index is 11.5. The minimum atomic E-state index is -0.509. The van der Waals surface area contributed by atoms with Crippen LogP contribution in [0.25, 0.3) is 16.6 Å². The second kappa shape index (κ2) is 8.88. The van der Waals surface area contributed by atoms with Gasteiger partial charge in [-0.15, -0.1) is 0 Å². The van der Waals surface area contributed by atoms with Gasteiger partial charge in [0.1, 0.15) is 0 Å². The van der Waals surface area contributed by atoms with Gasteiger partial charge >= 0.3 is 0 Å². The number of nitrogens with two attached hydrogens (primary N) is 1. The van der Waals surface area contributed by atoms with Gasteiger partial charge in [-0.3, -0.25) is 4.79 Å². The SMILES string of the molecule is Cc1cc(C(N)=O)nn1-c1ccc2c(ccn2Cc2ccc([C@@H]3C[C@H]4CN[C@H](CC5CC5)[C@@H]4C3)cc2)c1. The maximum atomic E-state index is 11.5. The Hall–Kier alpha value is -3.38. The first-order valence-corrected chi connectivity index (χ1v) is 13.8. The van der Waals surface area contributed by atoms with Gasteiger partial charge < -0.3 is 15.6 Å². The van der Waals surface area contributed by atoms with E-state index in [1.54, 1.807) is 10.7 Å². The minimum Gasteiger partial charge on any atom is -0.364 e. The molecule has 2 aromatic heterocycles. The van der Waals surface area contributed by atoms with Crippen molar-refractivity contribution in [2.45, 2.75) is 57.5 Å². The predicted octanol–water partition coefficient (Wildman–Crippen LogP) is 5.16. The number of primary amides is 1. The fourth-order valence-corrected chi connectivity index (χ4v) is 6.99. The van der Waals surface area contributed by atoms with Crippen LogP contribution in [0.2, 0.25) is 0 Å². The van der Waals surface area contributed by atoms with Gasteiger partial charge in [0.2, 0.25) is 0 Å². The first-order chi connectivity index (χ1) is 18.0. The van der Waals surface area contributed by atoms with Crippen LogP contribution < -0.4 is 11.1 Å². The molecule has 3 heterocycles. The zero-order valence-corrected chi connectivity index (χ0v) is 21.4. The summed E-state index contributed by atoms with van der Waals surface area (Å²) >= 11 is 0. The van der Waals surface area contributed by atoms with E-state index >= 15 is 0 Å². The monoisotopic (exact) mass is 493 g/mol. The van der Waals surface area contributed by atoms with Gasteiger partial charge in [-0.05, 0) is 97.9 Å². The third kappa shape index (κ3) is 4.27. The summed E-state index contributed by atoms with van der Waals surface area (Å²) in [5.74, 6) is 2.98. The van der Waals surface area contributed by atoms with Crippen molar-refractivity contribution < 1.29 is 4.79 Å². The van der Waals surface area contributed by atoms with Crippen LogP contribution in [0.1, 0.15) is 65.3 Å². The lowest BCUT2D eigenvalue weighted by molar-refractivity contribution is 0.0995. The first kappa shape index (κ1) is 22.8. The summed E-state index contributed by atoms with van der Waals surface area (Å²) in [5.41, 5.74) is 11.5. The number of carbonyl (C=O) groups excluding carboxylic acids is 1. The molecule has 1 amide bonds. The number of hydrogen-bond acceptors (Lipinski definition) is 3. The van der Waals surface area contributed by atoms with Gasteiger partial charge in [0.05, 0.1) is 5.69 Å². The Labute approximate surface area is 217 Å². The van der Waals surface area contributed by atoms with Crippen molar-refractivity contribution in [3.63, 3.8) is 0 Å². The summed E-state index contributed by atoms with van der Waals surface area (Å²) in [4.78, 5) is 11.5. The summed E-state index contributed by atoms with van der Waals surface area (Å²) in [5, 5.41) is 9.37. The van der Waals surface area contributed by atoms with Crippen molar-refractivity contribution in [2.75, 3.05) is 6.54 Å². The van der Waals surface area contributed by atoms with E-state index in [1.807, 2.05) is 6.92 Å². The van der Waals surface area contributed by atoms with Crippen LogP contribution in [-0.2, 0) is 6.54 Å². The first-order valence-electron chi connectivity index (χ1n) is 13.8. The van der Waals surface area contributed by atoms with E-state index < -0.39 is 5.91 Å². The van der Waals surface area contributed by atoms with Crippen molar-refractivity contribution >= 4 is 16.8 Å². The Morgan fingerprint density at radius 3 is 2.68 bits per heavy atom. The largest absolute Gasteiger partial charge is 0.364 e.